The summed E-state index contributed by atoms with van der Waals surface area (Å²) >= 11 is 0. The van der Waals surface area contributed by atoms with E-state index in [4.69, 9.17) is 20.4 Å². The largest absolute Gasteiger partial charge is 0.395 e. The molecule has 0 atom stereocenters. The van der Waals surface area contributed by atoms with Crippen LogP contribution in [-0.2, 0) is 0 Å². The van der Waals surface area contributed by atoms with E-state index in [-0.39, 0.29) is 26.7 Å². The fraction of sp³-hybridized carbons (Fsp3) is 1.00. The van der Waals surface area contributed by atoms with Crippen LogP contribution in [0.25, 0.3) is 0 Å². The lowest BCUT2D eigenvalue weighted by molar-refractivity contribution is -0.0366. The molecule has 0 bridgehead atoms. The van der Waals surface area contributed by atoms with Crippen LogP contribution < -0.4 is 0 Å². The molecule has 0 rings (SSSR count). The van der Waals surface area contributed by atoms with Gasteiger partial charge in [0.15, 0.2) is 0 Å². The Morgan fingerprint density at radius 3 is 1.40 bits per heavy atom. The summed E-state index contributed by atoms with van der Waals surface area (Å²) in [6.45, 7) is -1.31. The molecule has 0 spiro atoms. The smallest absolute Gasteiger partial charge is 0.0978 e. The summed E-state index contributed by atoms with van der Waals surface area (Å²) in [5, 5.41) is 34.1. The summed E-state index contributed by atoms with van der Waals surface area (Å²) in [4.78, 5) is 1.14. The van der Waals surface area contributed by atoms with Crippen LogP contribution in [0.2, 0.25) is 0 Å². The lowest BCUT2D eigenvalue weighted by atomic mass is 10.3. The minimum absolute atomic E-state index is 0.280. The predicted octanol–water partition coefficient (Wildman–Crippen LogP) is -2.46. The topological polar surface area (TPSA) is 84.2 Å². The summed E-state index contributed by atoms with van der Waals surface area (Å²) in [6.07, 6.45) is 0. The summed E-state index contributed by atoms with van der Waals surface area (Å²) < 4.78 is 0. The number of aliphatic hydroxyl groups excluding tert-OH is 4. The molecule has 0 saturated carbocycles. The molecule has 62 valence electrons. The molecule has 0 radical (unpaired) electrons. The van der Waals surface area contributed by atoms with Gasteiger partial charge in [-0.3, -0.25) is 4.90 Å². The second-order valence-corrected chi connectivity index (χ2v) is 1.89. The number of nitrogens with zero attached hydrogens (tertiary/aromatic N) is 1. The Bertz CT molecular complexity index is 62.0. The lowest BCUT2D eigenvalue weighted by Crippen LogP contribution is -2.41. The van der Waals surface area contributed by atoms with E-state index in [2.05, 4.69) is 0 Å². The lowest BCUT2D eigenvalue weighted by Gasteiger charge is -2.23. The van der Waals surface area contributed by atoms with Crippen LogP contribution in [0.15, 0.2) is 0 Å². The molecule has 0 aromatic heterocycles. The molecule has 0 aliphatic heterocycles. The molecule has 0 heterocycles. The van der Waals surface area contributed by atoms with E-state index in [1.807, 2.05) is 0 Å². The SMILES string of the molecule is OCC(CO)N(CO)CO. The number of hydrogen-bond acceptors (Lipinski definition) is 5. The van der Waals surface area contributed by atoms with Crippen LogP contribution in [0, 0.1) is 0 Å². The molecule has 5 heteroatoms. The molecule has 0 unspecified atom stereocenters. The van der Waals surface area contributed by atoms with Gasteiger partial charge in [-0.1, -0.05) is 0 Å². The second-order valence-electron chi connectivity index (χ2n) is 1.89. The van der Waals surface area contributed by atoms with Crippen LogP contribution in [0.4, 0.5) is 0 Å². The summed E-state index contributed by atoms with van der Waals surface area (Å²) in [6, 6.07) is -0.574. The molecule has 0 saturated heterocycles. The molecule has 4 N–H and O–H groups in total. The first-order valence-corrected chi connectivity index (χ1v) is 2.97. The molecule has 10 heavy (non-hydrogen) atoms. The number of rotatable bonds is 5. The van der Waals surface area contributed by atoms with Gasteiger partial charge in [0.05, 0.1) is 32.7 Å². The molecule has 5 nitrogen and oxygen atoms in total. The Labute approximate surface area is 59.1 Å². The molecular formula is C5H13NO4. The van der Waals surface area contributed by atoms with Crippen LogP contribution in [0.3, 0.4) is 0 Å². The van der Waals surface area contributed by atoms with Crippen LogP contribution in [0.5, 0.6) is 0 Å². The van der Waals surface area contributed by atoms with Gasteiger partial charge in [-0.05, 0) is 0 Å². The summed E-state index contributed by atoms with van der Waals surface area (Å²) in [5.74, 6) is 0. The molecular weight excluding hydrogens is 138 g/mol. The van der Waals surface area contributed by atoms with Gasteiger partial charge in [0.2, 0.25) is 0 Å². The highest BCUT2D eigenvalue weighted by Gasteiger charge is 2.13. The van der Waals surface area contributed by atoms with Gasteiger partial charge in [-0.2, -0.15) is 0 Å². The Morgan fingerprint density at radius 2 is 1.30 bits per heavy atom. The van der Waals surface area contributed by atoms with Gasteiger partial charge in [0.1, 0.15) is 0 Å². The van der Waals surface area contributed by atoms with E-state index in [1.54, 1.807) is 0 Å². The molecule has 0 aliphatic rings. The first-order valence-electron chi connectivity index (χ1n) is 2.97. The Hall–Kier alpha value is -0.200. The van der Waals surface area contributed by atoms with Crippen molar-refractivity contribution in [2.45, 2.75) is 6.04 Å². The molecule has 0 fully saturated rings. The third-order valence-electron chi connectivity index (χ3n) is 1.30. The maximum absolute atomic E-state index is 8.53. The molecule has 0 amide bonds. The van der Waals surface area contributed by atoms with Crippen LogP contribution in [-0.4, -0.2) is 58.0 Å². The monoisotopic (exact) mass is 151 g/mol. The highest BCUT2D eigenvalue weighted by molar-refractivity contribution is 4.63. The van der Waals surface area contributed by atoms with Gasteiger partial charge in [-0.15, -0.1) is 0 Å². The van der Waals surface area contributed by atoms with Crippen molar-refractivity contribution >= 4 is 0 Å². The number of hydrogen-bond donors (Lipinski definition) is 4. The van der Waals surface area contributed by atoms with E-state index >= 15 is 0 Å². The molecule has 0 aliphatic carbocycles. The summed E-state index contributed by atoms with van der Waals surface area (Å²) in [5.41, 5.74) is 0. The van der Waals surface area contributed by atoms with E-state index in [9.17, 15) is 0 Å². The van der Waals surface area contributed by atoms with Crippen molar-refractivity contribution < 1.29 is 20.4 Å². The fourth-order valence-electron chi connectivity index (χ4n) is 0.564. The van der Waals surface area contributed by atoms with Gasteiger partial charge in [0, 0.05) is 0 Å². The Morgan fingerprint density at radius 1 is 0.900 bits per heavy atom. The van der Waals surface area contributed by atoms with Crippen molar-refractivity contribution in [3.05, 3.63) is 0 Å². The van der Waals surface area contributed by atoms with Gasteiger partial charge in [0.25, 0.3) is 0 Å². The van der Waals surface area contributed by atoms with Crippen LogP contribution in [0.1, 0.15) is 0 Å². The van der Waals surface area contributed by atoms with Crippen molar-refractivity contribution in [2.24, 2.45) is 0 Å². The zero-order valence-electron chi connectivity index (χ0n) is 5.64. The first-order chi connectivity index (χ1) is 4.79. The fourth-order valence-corrected chi connectivity index (χ4v) is 0.564. The first kappa shape index (κ1) is 9.80. The maximum atomic E-state index is 8.53. The highest BCUT2D eigenvalue weighted by atomic mass is 16.3. The molecule has 0 aromatic rings. The summed E-state index contributed by atoms with van der Waals surface area (Å²) in [7, 11) is 0. The second kappa shape index (κ2) is 5.57. The average molecular weight is 151 g/mol. The van der Waals surface area contributed by atoms with E-state index in [0.717, 1.165) is 4.90 Å². The minimum atomic E-state index is -0.574. The third kappa shape index (κ3) is 2.59. The highest BCUT2D eigenvalue weighted by Crippen LogP contribution is 1.93. The maximum Gasteiger partial charge on any atom is 0.0978 e. The van der Waals surface area contributed by atoms with Crippen molar-refractivity contribution in [1.29, 1.82) is 0 Å². The Balaban J connectivity index is 3.70. The van der Waals surface area contributed by atoms with Gasteiger partial charge in [-0.25, -0.2) is 0 Å². The van der Waals surface area contributed by atoms with Crippen LogP contribution >= 0.6 is 0 Å². The quantitative estimate of drug-likeness (QED) is 0.328. The van der Waals surface area contributed by atoms with Gasteiger partial charge >= 0.3 is 0 Å². The van der Waals surface area contributed by atoms with E-state index in [1.165, 1.54) is 0 Å². The average Bonchev–Trinajstić information content (AvgIpc) is 2.00. The predicted molar refractivity (Wildman–Crippen MR) is 34.0 cm³/mol. The van der Waals surface area contributed by atoms with Crippen molar-refractivity contribution in [3.8, 4) is 0 Å². The van der Waals surface area contributed by atoms with Crippen molar-refractivity contribution in [3.63, 3.8) is 0 Å². The zero-order chi connectivity index (χ0) is 7.98. The third-order valence-corrected chi connectivity index (χ3v) is 1.30. The van der Waals surface area contributed by atoms with Crippen molar-refractivity contribution in [2.75, 3.05) is 26.7 Å². The molecule has 0 aromatic carbocycles. The van der Waals surface area contributed by atoms with Crippen molar-refractivity contribution in [1.82, 2.24) is 4.90 Å². The van der Waals surface area contributed by atoms with E-state index < -0.39 is 6.04 Å². The normalized spacial score (nSPS) is 11.4. The Kier molecular flexibility index (Phi) is 5.46. The minimum Gasteiger partial charge on any atom is -0.395 e. The zero-order valence-corrected chi connectivity index (χ0v) is 5.64. The van der Waals surface area contributed by atoms with Gasteiger partial charge < -0.3 is 20.4 Å². The standard InChI is InChI=1S/C5H13NO4/c7-1-5(2-8)6(3-9)4-10/h5,7-10H,1-4H2. The van der Waals surface area contributed by atoms with E-state index in [0.29, 0.717) is 0 Å². The number of aliphatic hydroxyl groups is 4.